The Balaban J connectivity index is 1.40. The molecule has 2 aliphatic heterocycles. The van der Waals surface area contributed by atoms with Crippen molar-refractivity contribution >= 4 is 22.0 Å². The average molecular weight is 442 g/mol. The first-order valence-corrected chi connectivity index (χ1v) is 11.8. The number of amides is 3. The molecule has 8 nitrogen and oxygen atoms in total. The third-order valence-electron chi connectivity index (χ3n) is 6.27. The first-order valence-electron chi connectivity index (χ1n) is 10.3. The van der Waals surface area contributed by atoms with E-state index in [1.807, 2.05) is 24.3 Å². The number of rotatable bonds is 4. The summed E-state index contributed by atoms with van der Waals surface area (Å²) >= 11 is 0. The Labute approximate surface area is 180 Å². The van der Waals surface area contributed by atoms with Crippen molar-refractivity contribution in [3.8, 4) is 0 Å². The number of hydrogen-bond donors (Lipinski definition) is 1. The summed E-state index contributed by atoms with van der Waals surface area (Å²) in [5.74, 6) is -0.288. The topological polar surface area (TPSA) is 96.0 Å². The molecule has 1 unspecified atom stereocenters. The highest BCUT2D eigenvalue weighted by Crippen LogP contribution is 2.41. The summed E-state index contributed by atoms with van der Waals surface area (Å²) in [6, 6.07) is 13.7. The van der Waals surface area contributed by atoms with Crippen LogP contribution in [0.1, 0.15) is 23.1 Å². The molecule has 2 heterocycles. The van der Waals surface area contributed by atoms with Gasteiger partial charge in [-0.25, -0.2) is 13.2 Å². The van der Waals surface area contributed by atoms with E-state index in [0.29, 0.717) is 38.3 Å². The van der Waals surface area contributed by atoms with Crippen molar-refractivity contribution in [2.45, 2.75) is 29.8 Å². The van der Waals surface area contributed by atoms with Gasteiger partial charge in [0.25, 0.3) is 5.91 Å². The molecule has 0 bridgehead atoms. The number of aryl methyl sites for hydroxylation is 1. The molecule has 3 aliphatic rings. The highest BCUT2D eigenvalue weighted by Gasteiger charge is 2.55. The summed E-state index contributed by atoms with van der Waals surface area (Å²) < 4.78 is 32.6. The fourth-order valence-corrected chi connectivity index (χ4v) is 6.13. The summed E-state index contributed by atoms with van der Waals surface area (Å²) in [7, 11) is -3.66. The second-order valence-corrected chi connectivity index (χ2v) is 9.99. The number of imide groups is 1. The van der Waals surface area contributed by atoms with Gasteiger partial charge in [0.15, 0.2) is 0 Å². The van der Waals surface area contributed by atoms with Crippen LogP contribution in [0, 0.1) is 0 Å². The molecule has 1 aliphatic carbocycles. The number of morpholine rings is 1. The Bertz CT molecular complexity index is 1160. The van der Waals surface area contributed by atoms with Crippen LogP contribution in [0.25, 0.3) is 0 Å². The number of fused-ring (bicyclic) bond motifs is 2. The SMILES string of the molecule is O=C1NC2(CCc3ccccc32)C(=O)N1Cc1cccc(S(=O)(=O)N2CCOCC2)c1. The highest BCUT2D eigenvalue weighted by atomic mass is 32.2. The zero-order valence-corrected chi connectivity index (χ0v) is 17.7. The minimum atomic E-state index is -3.66. The lowest BCUT2D eigenvalue weighted by Gasteiger charge is -2.26. The van der Waals surface area contributed by atoms with Gasteiger partial charge in [0.1, 0.15) is 5.54 Å². The van der Waals surface area contributed by atoms with E-state index in [9.17, 15) is 18.0 Å². The van der Waals surface area contributed by atoms with E-state index in [1.165, 1.54) is 15.3 Å². The van der Waals surface area contributed by atoms with Crippen LogP contribution in [-0.4, -0.2) is 55.9 Å². The molecule has 0 radical (unpaired) electrons. The molecule has 5 rings (SSSR count). The zero-order chi connectivity index (χ0) is 21.6. The lowest BCUT2D eigenvalue weighted by Crippen LogP contribution is -2.41. The molecule has 31 heavy (non-hydrogen) atoms. The number of nitrogens with one attached hydrogen (secondary N) is 1. The molecule has 2 aromatic rings. The maximum absolute atomic E-state index is 13.3. The molecule has 1 N–H and O–H groups in total. The van der Waals surface area contributed by atoms with Crippen molar-refractivity contribution in [1.29, 1.82) is 0 Å². The van der Waals surface area contributed by atoms with Crippen molar-refractivity contribution < 1.29 is 22.7 Å². The minimum absolute atomic E-state index is 0.0149. The van der Waals surface area contributed by atoms with E-state index in [4.69, 9.17) is 4.74 Å². The van der Waals surface area contributed by atoms with Crippen LogP contribution < -0.4 is 5.32 Å². The molecular weight excluding hydrogens is 418 g/mol. The smallest absolute Gasteiger partial charge is 0.325 e. The molecule has 2 saturated heterocycles. The number of urea groups is 1. The van der Waals surface area contributed by atoms with Gasteiger partial charge in [-0.2, -0.15) is 4.31 Å². The van der Waals surface area contributed by atoms with Crippen LogP contribution >= 0.6 is 0 Å². The van der Waals surface area contributed by atoms with Crippen LogP contribution in [0.2, 0.25) is 0 Å². The van der Waals surface area contributed by atoms with E-state index < -0.39 is 21.6 Å². The number of sulfonamides is 1. The minimum Gasteiger partial charge on any atom is -0.379 e. The normalized spacial score (nSPS) is 23.9. The Kier molecular flexibility index (Phi) is 4.84. The summed E-state index contributed by atoms with van der Waals surface area (Å²) in [6.07, 6.45) is 1.25. The number of carbonyl (C=O) groups is 2. The average Bonchev–Trinajstić information content (AvgIpc) is 3.28. The van der Waals surface area contributed by atoms with Crippen molar-refractivity contribution in [2.24, 2.45) is 0 Å². The Morgan fingerprint density at radius 2 is 1.81 bits per heavy atom. The number of benzene rings is 2. The largest absolute Gasteiger partial charge is 0.379 e. The fourth-order valence-electron chi connectivity index (χ4n) is 4.66. The Morgan fingerprint density at radius 3 is 2.61 bits per heavy atom. The molecule has 0 aromatic heterocycles. The van der Waals surface area contributed by atoms with Gasteiger partial charge in [-0.3, -0.25) is 9.69 Å². The molecule has 9 heteroatoms. The standard InChI is InChI=1S/C22H23N3O5S/c26-20-22(9-8-17-5-1-2-7-19(17)22)23-21(27)25(20)15-16-4-3-6-18(14-16)31(28,29)24-10-12-30-13-11-24/h1-7,14H,8-13,15H2,(H,23,27). The predicted molar refractivity (Wildman–Crippen MR) is 112 cm³/mol. The first kappa shape index (κ1) is 20.2. The maximum Gasteiger partial charge on any atom is 0.325 e. The Hall–Kier alpha value is -2.75. The number of carbonyl (C=O) groups excluding carboxylic acids is 2. The molecule has 1 atom stereocenters. The molecule has 1 spiro atoms. The lowest BCUT2D eigenvalue weighted by molar-refractivity contribution is -0.132. The van der Waals surface area contributed by atoms with Gasteiger partial charge < -0.3 is 10.1 Å². The lowest BCUT2D eigenvalue weighted by atomic mass is 9.92. The third-order valence-corrected chi connectivity index (χ3v) is 8.16. The van der Waals surface area contributed by atoms with Crippen molar-refractivity contribution in [2.75, 3.05) is 26.3 Å². The summed E-state index contributed by atoms with van der Waals surface area (Å²) in [5.41, 5.74) is 1.47. The monoisotopic (exact) mass is 441 g/mol. The van der Waals surface area contributed by atoms with E-state index >= 15 is 0 Å². The van der Waals surface area contributed by atoms with E-state index in [2.05, 4.69) is 5.32 Å². The first-order chi connectivity index (χ1) is 14.9. The number of ether oxygens (including phenoxy) is 1. The number of hydrogen-bond acceptors (Lipinski definition) is 5. The van der Waals surface area contributed by atoms with Gasteiger partial charge in [-0.1, -0.05) is 36.4 Å². The van der Waals surface area contributed by atoms with Gasteiger partial charge in [0.05, 0.1) is 24.7 Å². The number of nitrogens with zero attached hydrogens (tertiary/aromatic N) is 2. The van der Waals surface area contributed by atoms with Crippen molar-refractivity contribution in [3.05, 3.63) is 65.2 Å². The second-order valence-electron chi connectivity index (χ2n) is 8.05. The highest BCUT2D eigenvalue weighted by molar-refractivity contribution is 7.89. The third kappa shape index (κ3) is 3.24. The van der Waals surface area contributed by atoms with Crippen LogP contribution in [0.15, 0.2) is 53.4 Å². The second kappa shape index (κ2) is 7.44. The maximum atomic E-state index is 13.3. The van der Waals surface area contributed by atoms with Crippen LogP contribution in [0.3, 0.4) is 0 Å². The molecule has 2 aromatic carbocycles. The van der Waals surface area contributed by atoms with Crippen LogP contribution in [0.4, 0.5) is 4.79 Å². The molecular formula is C22H23N3O5S. The van der Waals surface area contributed by atoms with Gasteiger partial charge in [-0.05, 0) is 41.7 Å². The summed E-state index contributed by atoms with van der Waals surface area (Å²) in [6.45, 7) is 1.36. The zero-order valence-electron chi connectivity index (χ0n) is 16.9. The fraction of sp³-hybridized carbons (Fsp3) is 0.364. The van der Waals surface area contributed by atoms with E-state index in [1.54, 1.807) is 18.2 Å². The summed E-state index contributed by atoms with van der Waals surface area (Å²) in [4.78, 5) is 27.4. The molecule has 2 fully saturated rings. The van der Waals surface area contributed by atoms with Gasteiger partial charge in [-0.15, -0.1) is 0 Å². The Morgan fingerprint density at radius 1 is 1.03 bits per heavy atom. The quantitative estimate of drug-likeness (QED) is 0.727. The molecule has 162 valence electrons. The molecule has 0 saturated carbocycles. The van der Waals surface area contributed by atoms with E-state index in [-0.39, 0.29) is 17.3 Å². The predicted octanol–water partition coefficient (Wildman–Crippen LogP) is 1.60. The van der Waals surface area contributed by atoms with Crippen molar-refractivity contribution in [1.82, 2.24) is 14.5 Å². The van der Waals surface area contributed by atoms with Crippen LogP contribution in [0.5, 0.6) is 0 Å². The van der Waals surface area contributed by atoms with Gasteiger partial charge in [0, 0.05) is 13.1 Å². The molecule has 3 amide bonds. The van der Waals surface area contributed by atoms with Gasteiger partial charge >= 0.3 is 6.03 Å². The van der Waals surface area contributed by atoms with E-state index in [0.717, 1.165) is 17.5 Å². The van der Waals surface area contributed by atoms with Crippen molar-refractivity contribution in [3.63, 3.8) is 0 Å². The van der Waals surface area contributed by atoms with Gasteiger partial charge in [0.2, 0.25) is 10.0 Å². The van der Waals surface area contributed by atoms with Crippen LogP contribution in [-0.2, 0) is 38.1 Å². The summed E-state index contributed by atoms with van der Waals surface area (Å²) in [5, 5.41) is 2.90.